The normalized spacial score (nSPS) is 16.3. The molecule has 0 spiro atoms. The number of anilines is 1. The molecular formula is C28H36N4O9S. The van der Waals surface area contributed by atoms with Gasteiger partial charge in [-0.05, 0) is 52.0 Å². The smallest absolute Gasteiger partial charge is 0.435 e. The molecule has 42 heavy (non-hydrogen) atoms. The summed E-state index contributed by atoms with van der Waals surface area (Å²) in [6.45, 7) is 7.95. The molecule has 0 saturated carbocycles. The second-order valence-corrected chi connectivity index (χ2v) is 12.7. The summed E-state index contributed by atoms with van der Waals surface area (Å²) in [4.78, 5) is 25.8. The van der Waals surface area contributed by atoms with Crippen molar-refractivity contribution in [2.45, 2.75) is 44.3 Å². The summed E-state index contributed by atoms with van der Waals surface area (Å²) in [6.07, 6.45) is 0.380. The number of hydrogen-bond acceptors (Lipinski definition) is 11. The van der Waals surface area contributed by atoms with Crippen molar-refractivity contribution < 1.29 is 42.4 Å². The van der Waals surface area contributed by atoms with Gasteiger partial charge in [-0.3, -0.25) is 13.9 Å². The Bertz CT molecular complexity index is 1440. The van der Waals surface area contributed by atoms with E-state index in [4.69, 9.17) is 23.7 Å². The topological polar surface area (TPSA) is 154 Å². The van der Waals surface area contributed by atoms with Gasteiger partial charge in [-0.25, -0.2) is 9.10 Å². The van der Waals surface area contributed by atoms with E-state index in [0.717, 1.165) is 4.68 Å². The Morgan fingerprint density at radius 1 is 1.12 bits per heavy atom. The van der Waals surface area contributed by atoms with Crippen LogP contribution in [0.15, 0.2) is 53.6 Å². The Kier molecular flexibility index (Phi) is 9.33. The molecule has 1 atom stereocenters. The van der Waals surface area contributed by atoms with E-state index >= 15 is 0 Å². The van der Waals surface area contributed by atoms with Crippen molar-refractivity contribution in [1.82, 2.24) is 14.1 Å². The fraction of sp³-hybridized carbons (Fsp3) is 0.393. The minimum atomic E-state index is -3.20. The van der Waals surface area contributed by atoms with E-state index in [0.29, 0.717) is 24.7 Å². The molecule has 0 bridgehead atoms. The third kappa shape index (κ3) is 7.72. The molecule has 4 rings (SSSR count). The molecule has 0 radical (unpaired) electrons. The fourth-order valence-corrected chi connectivity index (χ4v) is 5.23. The third-order valence-electron chi connectivity index (χ3n) is 5.84. The second-order valence-electron chi connectivity index (χ2n) is 10.6. The fourth-order valence-electron chi connectivity index (χ4n) is 3.93. The Labute approximate surface area is 245 Å². The molecule has 2 heterocycles. The van der Waals surface area contributed by atoms with Crippen molar-refractivity contribution in [2.75, 3.05) is 39.2 Å². The van der Waals surface area contributed by atoms with E-state index in [1.165, 1.54) is 28.7 Å². The highest BCUT2D eigenvalue weighted by molar-refractivity contribution is 8.22. The number of aromatic nitrogens is 2. The number of rotatable bonds is 8. The van der Waals surface area contributed by atoms with Gasteiger partial charge in [0.25, 0.3) is 5.91 Å². The van der Waals surface area contributed by atoms with Crippen LogP contribution >= 0.6 is 10.8 Å². The van der Waals surface area contributed by atoms with E-state index in [1.807, 2.05) is 6.92 Å². The quantitative estimate of drug-likeness (QED) is 0.300. The first-order chi connectivity index (χ1) is 19.7. The number of carbonyl (C=O) groups excluding carboxylic acids is 2. The van der Waals surface area contributed by atoms with Crippen molar-refractivity contribution in [1.29, 1.82) is 0 Å². The lowest BCUT2D eigenvalue weighted by Crippen LogP contribution is -2.27. The number of hydrogen-bond donors (Lipinski definition) is 3. The molecule has 13 nitrogen and oxygen atoms in total. The first-order valence-corrected chi connectivity index (χ1v) is 14.6. The highest BCUT2D eigenvalue weighted by atomic mass is 32.3. The van der Waals surface area contributed by atoms with Gasteiger partial charge in [0.05, 0.1) is 13.2 Å². The maximum atomic E-state index is 13.2. The number of amides is 1. The standard InChI is InChI=1S/C28H36N4O9S/c1-18(17-37-6)39-21-13-19(26(33)29-25-9-10-32(30-25)27(34)41-28(2,3)4)14-22(15-21)40-20-7-8-24-23(16-20)38-12-11-31(5)42(24,35)36/h7-10,13-16,18,35-36H,11-12,17H2,1-6H3,(H,29,30,33)/t18-/m0/s1. The van der Waals surface area contributed by atoms with Crippen LogP contribution in [-0.4, -0.2) is 80.8 Å². The van der Waals surface area contributed by atoms with Crippen LogP contribution in [0.4, 0.5) is 10.6 Å². The number of benzene rings is 2. The molecule has 1 aliphatic rings. The molecule has 2 aromatic carbocycles. The van der Waals surface area contributed by atoms with Gasteiger partial charge in [0, 0.05) is 44.1 Å². The predicted octanol–water partition coefficient (Wildman–Crippen LogP) is 5.47. The van der Waals surface area contributed by atoms with Gasteiger partial charge in [0.2, 0.25) is 0 Å². The van der Waals surface area contributed by atoms with Gasteiger partial charge in [-0.15, -0.1) is 15.9 Å². The van der Waals surface area contributed by atoms with Crippen LogP contribution in [0.5, 0.6) is 23.0 Å². The molecule has 0 saturated heterocycles. The van der Waals surface area contributed by atoms with Gasteiger partial charge >= 0.3 is 6.09 Å². The first kappa shape index (κ1) is 31.1. The average molecular weight is 605 g/mol. The molecule has 14 heteroatoms. The monoisotopic (exact) mass is 604 g/mol. The van der Waals surface area contributed by atoms with Crippen molar-refractivity contribution in [3.8, 4) is 23.0 Å². The lowest BCUT2D eigenvalue weighted by Gasteiger charge is -2.38. The van der Waals surface area contributed by atoms with E-state index in [9.17, 15) is 18.7 Å². The Hall–Kier alpha value is -3.82. The lowest BCUT2D eigenvalue weighted by molar-refractivity contribution is 0.0514. The number of fused-ring (bicyclic) bond motifs is 1. The molecule has 1 aromatic heterocycles. The maximum absolute atomic E-state index is 13.2. The summed E-state index contributed by atoms with van der Waals surface area (Å²) in [5.74, 6) is 0.873. The summed E-state index contributed by atoms with van der Waals surface area (Å²) in [5, 5.41) is 6.75. The summed E-state index contributed by atoms with van der Waals surface area (Å²) >= 11 is 0. The maximum Gasteiger partial charge on any atom is 0.435 e. The van der Waals surface area contributed by atoms with Crippen LogP contribution in [-0.2, 0) is 9.47 Å². The summed E-state index contributed by atoms with van der Waals surface area (Å²) in [7, 11) is -0.0302. The van der Waals surface area contributed by atoms with Crippen molar-refractivity contribution >= 4 is 28.6 Å². The van der Waals surface area contributed by atoms with Crippen LogP contribution in [0, 0.1) is 0 Å². The molecule has 1 amide bonds. The van der Waals surface area contributed by atoms with Crippen molar-refractivity contribution in [3.63, 3.8) is 0 Å². The molecule has 0 fully saturated rings. The molecule has 0 unspecified atom stereocenters. The van der Waals surface area contributed by atoms with Crippen LogP contribution in [0.2, 0.25) is 0 Å². The van der Waals surface area contributed by atoms with Gasteiger partial charge in [-0.2, -0.15) is 4.68 Å². The Balaban J connectivity index is 1.59. The highest BCUT2D eigenvalue weighted by Crippen LogP contribution is 2.56. The average Bonchev–Trinajstić information content (AvgIpc) is 3.32. The van der Waals surface area contributed by atoms with E-state index < -0.39 is 28.4 Å². The Morgan fingerprint density at radius 2 is 1.86 bits per heavy atom. The zero-order chi connectivity index (χ0) is 30.7. The largest absolute Gasteiger partial charge is 0.490 e. The van der Waals surface area contributed by atoms with E-state index in [1.54, 1.807) is 59.2 Å². The predicted molar refractivity (Wildman–Crippen MR) is 156 cm³/mol. The first-order valence-electron chi connectivity index (χ1n) is 13.1. The Morgan fingerprint density at radius 3 is 2.57 bits per heavy atom. The van der Waals surface area contributed by atoms with E-state index in [-0.39, 0.29) is 40.5 Å². The molecule has 0 aliphatic carbocycles. The minimum absolute atomic E-state index is 0.138. The zero-order valence-corrected chi connectivity index (χ0v) is 25.1. The van der Waals surface area contributed by atoms with E-state index in [2.05, 4.69) is 10.4 Å². The van der Waals surface area contributed by atoms with Crippen molar-refractivity contribution in [3.05, 3.63) is 54.2 Å². The lowest BCUT2D eigenvalue weighted by atomic mass is 10.2. The summed E-state index contributed by atoms with van der Waals surface area (Å²) in [6, 6.07) is 10.8. The summed E-state index contributed by atoms with van der Waals surface area (Å²) < 4.78 is 52.0. The number of nitrogens with one attached hydrogen (secondary N) is 1. The third-order valence-corrected chi connectivity index (χ3v) is 7.82. The van der Waals surface area contributed by atoms with Crippen LogP contribution in [0.25, 0.3) is 0 Å². The van der Waals surface area contributed by atoms with Gasteiger partial charge in [0.1, 0.15) is 46.2 Å². The molecule has 3 aromatic rings. The van der Waals surface area contributed by atoms with Crippen LogP contribution < -0.4 is 19.5 Å². The highest BCUT2D eigenvalue weighted by Gasteiger charge is 2.29. The second kappa shape index (κ2) is 12.6. The zero-order valence-electron chi connectivity index (χ0n) is 24.3. The summed E-state index contributed by atoms with van der Waals surface area (Å²) in [5.41, 5.74) is -0.510. The van der Waals surface area contributed by atoms with Gasteiger partial charge < -0.3 is 29.0 Å². The van der Waals surface area contributed by atoms with Crippen LogP contribution in [0.1, 0.15) is 38.1 Å². The SMILES string of the molecule is COC[C@H](C)Oc1cc(Oc2ccc3c(c2)OCCN(C)S3(O)O)cc(C(=O)Nc2ccn(C(=O)OC(C)(C)C)n2)c1. The van der Waals surface area contributed by atoms with Gasteiger partial charge in [0.15, 0.2) is 5.82 Å². The minimum Gasteiger partial charge on any atom is -0.490 e. The molecule has 1 aliphatic heterocycles. The molecule has 228 valence electrons. The van der Waals surface area contributed by atoms with Crippen molar-refractivity contribution in [2.24, 2.45) is 0 Å². The molecule has 3 N–H and O–H groups in total. The number of ether oxygens (including phenoxy) is 5. The van der Waals surface area contributed by atoms with Crippen LogP contribution in [0.3, 0.4) is 0 Å². The number of methoxy groups -OCH3 is 1. The molecular weight excluding hydrogens is 568 g/mol. The van der Waals surface area contributed by atoms with Gasteiger partial charge in [-0.1, -0.05) is 0 Å². The number of nitrogens with zero attached hydrogens (tertiary/aromatic N) is 3. The number of carbonyl (C=O) groups is 2. The number of likely N-dealkylation sites (N-methyl/N-ethyl adjacent to an activating group) is 1.